The molecule has 1 aliphatic rings. The molecular formula is C11H14O2. The predicted octanol–water partition coefficient (Wildman–Crippen LogP) is 1.72. The quantitative estimate of drug-likeness (QED) is 0.747. The molecule has 70 valence electrons. The predicted molar refractivity (Wildman–Crippen MR) is 51.1 cm³/mol. The summed E-state index contributed by atoms with van der Waals surface area (Å²) in [4.78, 5) is 0. The summed E-state index contributed by atoms with van der Waals surface area (Å²) in [6, 6.07) is 6.18. The van der Waals surface area contributed by atoms with Crippen molar-refractivity contribution in [1.82, 2.24) is 0 Å². The molecule has 1 heterocycles. The van der Waals surface area contributed by atoms with E-state index in [0.29, 0.717) is 0 Å². The Morgan fingerprint density at radius 1 is 1.54 bits per heavy atom. The maximum Gasteiger partial charge on any atom is 0.122 e. The van der Waals surface area contributed by atoms with Crippen LogP contribution in [0.3, 0.4) is 0 Å². The van der Waals surface area contributed by atoms with Gasteiger partial charge in [0, 0.05) is 18.9 Å². The van der Waals surface area contributed by atoms with Crippen LogP contribution in [0, 0.1) is 0 Å². The molecule has 2 nitrogen and oxygen atoms in total. The second-order valence-corrected chi connectivity index (χ2v) is 3.55. The zero-order chi connectivity index (χ0) is 9.26. The van der Waals surface area contributed by atoms with Gasteiger partial charge in [0.05, 0.1) is 6.61 Å². The lowest BCUT2D eigenvalue weighted by atomic mass is 9.99. The number of hydrogen-bond acceptors (Lipinski definition) is 2. The zero-order valence-corrected chi connectivity index (χ0v) is 7.79. The molecule has 1 atom stereocenters. The number of benzene rings is 1. The fourth-order valence-electron chi connectivity index (χ4n) is 1.62. The first kappa shape index (κ1) is 8.57. The highest BCUT2D eigenvalue weighted by Gasteiger charge is 2.13. The first-order valence-corrected chi connectivity index (χ1v) is 4.67. The summed E-state index contributed by atoms with van der Waals surface area (Å²) in [6.07, 6.45) is 1.00. The van der Waals surface area contributed by atoms with Crippen molar-refractivity contribution >= 4 is 0 Å². The molecule has 13 heavy (non-hydrogen) atoms. The topological polar surface area (TPSA) is 29.5 Å². The van der Waals surface area contributed by atoms with Crippen LogP contribution in [0.2, 0.25) is 0 Å². The Bertz CT molecular complexity index is 307. The Balaban J connectivity index is 2.30. The lowest BCUT2D eigenvalue weighted by molar-refractivity contribution is 0.273. The summed E-state index contributed by atoms with van der Waals surface area (Å²) in [5.41, 5.74) is 2.48. The molecule has 0 fully saturated rings. The lowest BCUT2D eigenvalue weighted by Gasteiger charge is -2.09. The van der Waals surface area contributed by atoms with E-state index in [2.05, 4.69) is 6.07 Å². The molecule has 0 unspecified atom stereocenters. The van der Waals surface area contributed by atoms with Crippen LogP contribution in [0.4, 0.5) is 0 Å². The minimum Gasteiger partial charge on any atom is -0.493 e. The molecule has 0 aliphatic carbocycles. The molecule has 0 saturated carbocycles. The largest absolute Gasteiger partial charge is 0.493 e. The smallest absolute Gasteiger partial charge is 0.122 e. The summed E-state index contributed by atoms with van der Waals surface area (Å²) in [5, 5.41) is 9.01. The zero-order valence-electron chi connectivity index (χ0n) is 7.79. The Morgan fingerprint density at radius 3 is 3.15 bits per heavy atom. The third kappa shape index (κ3) is 1.54. The minimum atomic E-state index is 0.208. The average molecular weight is 178 g/mol. The van der Waals surface area contributed by atoms with Gasteiger partial charge in [0.15, 0.2) is 0 Å². The summed E-state index contributed by atoms with van der Waals surface area (Å²) < 4.78 is 5.40. The van der Waals surface area contributed by atoms with Gasteiger partial charge in [-0.25, -0.2) is 0 Å². The molecule has 0 spiro atoms. The second kappa shape index (κ2) is 3.38. The van der Waals surface area contributed by atoms with E-state index < -0.39 is 0 Å². The summed E-state index contributed by atoms with van der Waals surface area (Å²) >= 11 is 0. The molecule has 1 aromatic carbocycles. The van der Waals surface area contributed by atoms with Crippen molar-refractivity contribution in [2.45, 2.75) is 19.3 Å². The molecule has 0 amide bonds. The second-order valence-electron chi connectivity index (χ2n) is 3.55. The lowest BCUT2D eigenvalue weighted by Crippen LogP contribution is -1.98. The molecule has 1 N–H and O–H groups in total. The van der Waals surface area contributed by atoms with Crippen LogP contribution < -0.4 is 4.74 Å². The first-order valence-electron chi connectivity index (χ1n) is 4.67. The fraction of sp³-hybridized carbons (Fsp3) is 0.455. The number of aliphatic hydroxyl groups is 1. The van der Waals surface area contributed by atoms with Crippen LogP contribution in [0.1, 0.15) is 24.0 Å². The maximum atomic E-state index is 9.01. The first-order chi connectivity index (χ1) is 6.31. The van der Waals surface area contributed by atoms with Gasteiger partial charge in [-0.05, 0) is 17.2 Å². The normalized spacial score (nSPS) is 16.5. The van der Waals surface area contributed by atoms with Gasteiger partial charge in [-0.3, -0.25) is 0 Å². The summed E-state index contributed by atoms with van der Waals surface area (Å²) in [6.45, 7) is 3.03. The van der Waals surface area contributed by atoms with Crippen LogP contribution in [0.25, 0.3) is 0 Å². The van der Waals surface area contributed by atoms with Gasteiger partial charge >= 0.3 is 0 Å². The molecule has 1 aliphatic heterocycles. The number of hydrogen-bond donors (Lipinski definition) is 1. The monoisotopic (exact) mass is 178 g/mol. The Kier molecular flexibility index (Phi) is 2.23. The van der Waals surface area contributed by atoms with Crippen molar-refractivity contribution in [2.24, 2.45) is 0 Å². The molecule has 2 heteroatoms. The van der Waals surface area contributed by atoms with Crippen LogP contribution in [-0.2, 0) is 6.42 Å². The highest BCUT2D eigenvalue weighted by molar-refractivity contribution is 5.40. The van der Waals surface area contributed by atoms with Crippen LogP contribution in [0.15, 0.2) is 18.2 Å². The summed E-state index contributed by atoms with van der Waals surface area (Å²) in [5.74, 6) is 1.24. The highest BCUT2D eigenvalue weighted by Crippen LogP contribution is 2.28. The van der Waals surface area contributed by atoms with E-state index in [-0.39, 0.29) is 12.5 Å². The van der Waals surface area contributed by atoms with E-state index in [1.54, 1.807) is 0 Å². The molecule has 0 saturated heterocycles. The molecule has 2 rings (SSSR count). The van der Waals surface area contributed by atoms with Crippen LogP contribution in [-0.4, -0.2) is 18.3 Å². The van der Waals surface area contributed by atoms with Gasteiger partial charge in [-0.1, -0.05) is 19.1 Å². The van der Waals surface area contributed by atoms with Crippen molar-refractivity contribution in [1.29, 1.82) is 0 Å². The van der Waals surface area contributed by atoms with Crippen molar-refractivity contribution in [2.75, 3.05) is 13.2 Å². The Hall–Kier alpha value is -1.02. The van der Waals surface area contributed by atoms with E-state index in [4.69, 9.17) is 9.84 Å². The number of fused-ring (bicyclic) bond motifs is 1. The van der Waals surface area contributed by atoms with E-state index in [9.17, 15) is 0 Å². The van der Waals surface area contributed by atoms with E-state index in [1.165, 1.54) is 11.1 Å². The van der Waals surface area contributed by atoms with E-state index in [1.807, 2.05) is 19.1 Å². The van der Waals surface area contributed by atoms with Gasteiger partial charge < -0.3 is 9.84 Å². The minimum absolute atomic E-state index is 0.208. The maximum absolute atomic E-state index is 9.01. The average Bonchev–Trinajstić information content (AvgIpc) is 2.63. The summed E-state index contributed by atoms with van der Waals surface area (Å²) in [7, 11) is 0. The van der Waals surface area contributed by atoms with Crippen LogP contribution in [0.5, 0.6) is 5.75 Å². The third-order valence-electron chi connectivity index (χ3n) is 2.56. The Labute approximate surface area is 78.2 Å². The highest BCUT2D eigenvalue weighted by atomic mass is 16.5. The third-order valence-corrected chi connectivity index (χ3v) is 2.56. The van der Waals surface area contributed by atoms with Gasteiger partial charge in [-0.2, -0.15) is 0 Å². The van der Waals surface area contributed by atoms with E-state index >= 15 is 0 Å². The standard InChI is InChI=1S/C11H14O2/c1-8(7-12)9-2-3-11-10(6-9)4-5-13-11/h2-3,6,8,12H,4-5,7H2,1H3/t8-/m1/s1. The molecule has 0 bridgehead atoms. The van der Waals surface area contributed by atoms with Crippen LogP contribution >= 0.6 is 0 Å². The van der Waals surface area contributed by atoms with Crippen molar-refractivity contribution in [3.05, 3.63) is 29.3 Å². The molecule has 1 aromatic rings. The van der Waals surface area contributed by atoms with Gasteiger partial charge in [-0.15, -0.1) is 0 Å². The molecule has 0 radical (unpaired) electrons. The van der Waals surface area contributed by atoms with Crippen molar-refractivity contribution < 1.29 is 9.84 Å². The van der Waals surface area contributed by atoms with Crippen molar-refractivity contribution in [3.8, 4) is 5.75 Å². The van der Waals surface area contributed by atoms with E-state index in [0.717, 1.165) is 18.8 Å². The van der Waals surface area contributed by atoms with Gasteiger partial charge in [0.2, 0.25) is 0 Å². The number of rotatable bonds is 2. The van der Waals surface area contributed by atoms with Gasteiger partial charge in [0.25, 0.3) is 0 Å². The fourth-order valence-corrected chi connectivity index (χ4v) is 1.62. The number of aliphatic hydroxyl groups excluding tert-OH is 1. The number of ether oxygens (including phenoxy) is 1. The van der Waals surface area contributed by atoms with Gasteiger partial charge in [0.1, 0.15) is 5.75 Å². The van der Waals surface area contributed by atoms with Crippen molar-refractivity contribution in [3.63, 3.8) is 0 Å². The Morgan fingerprint density at radius 2 is 2.38 bits per heavy atom. The molecular weight excluding hydrogens is 164 g/mol. The molecule has 0 aromatic heterocycles. The SMILES string of the molecule is C[C@H](CO)c1ccc2c(c1)CCO2.